The molecular weight excluding hydrogens is 254 g/mol. The van der Waals surface area contributed by atoms with Gasteiger partial charge in [0.2, 0.25) is 0 Å². The SMILES string of the molecule is O=[N+]([O-])c1cc(Br)c(O)c2[nH]ncc12. The van der Waals surface area contributed by atoms with Gasteiger partial charge in [-0.1, -0.05) is 0 Å². The van der Waals surface area contributed by atoms with E-state index in [-0.39, 0.29) is 26.8 Å². The number of nitro benzene ring substituents is 1. The van der Waals surface area contributed by atoms with E-state index in [1.165, 1.54) is 12.3 Å². The van der Waals surface area contributed by atoms with Crippen LogP contribution in [0.3, 0.4) is 0 Å². The van der Waals surface area contributed by atoms with Crippen LogP contribution < -0.4 is 0 Å². The Bertz CT molecular complexity index is 522. The number of aromatic hydroxyl groups is 1. The smallest absolute Gasteiger partial charge is 0.281 e. The average molecular weight is 258 g/mol. The zero-order valence-corrected chi connectivity index (χ0v) is 8.28. The Morgan fingerprint density at radius 1 is 1.64 bits per heavy atom. The molecule has 0 aliphatic rings. The number of nitrogens with zero attached hydrogens (tertiary/aromatic N) is 2. The van der Waals surface area contributed by atoms with Gasteiger partial charge in [0.1, 0.15) is 10.9 Å². The Morgan fingerprint density at radius 2 is 2.36 bits per heavy atom. The molecule has 14 heavy (non-hydrogen) atoms. The van der Waals surface area contributed by atoms with Gasteiger partial charge in [-0.3, -0.25) is 15.2 Å². The molecule has 0 unspecified atom stereocenters. The second-order valence-corrected chi connectivity index (χ2v) is 3.50. The third-order valence-electron chi connectivity index (χ3n) is 1.84. The van der Waals surface area contributed by atoms with E-state index < -0.39 is 4.92 Å². The first-order valence-corrected chi connectivity index (χ1v) is 4.39. The van der Waals surface area contributed by atoms with Gasteiger partial charge >= 0.3 is 0 Å². The van der Waals surface area contributed by atoms with Gasteiger partial charge in [0.15, 0.2) is 5.75 Å². The molecule has 0 aliphatic carbocycles. The number of nitro groups is 1. The number of rotatable bonds is 1. The number of benzene rings is 1. The Morgan fingerprint density at radius 3 is 3.00 bits per heavy atom. The fraction of sp³-hybridized carbons (Fsp3) is 0. The van der Waals surface area contributed by atoms with Crippen molar-refractivity contribution < 1.29 is 10.0 Å². The molecule has 2 N–H and O–H groups in total. The molecule has 7 heteroatoms. The number of fused-ring (bicyclic) bond motifs is 1. The van der Waals surface area contributed by atoms with Crippen LogP contribution in [-0.4, -0.2) is 20.2 Å². The lowest BCUT2D eigenvalue weighted by Crippen LogP contribution is -1.89. The monoisotopic (exact) mass is 257 g/mol. The van der Waals surface area contributed by atoms with E-state index >= 15 is 0 Å². The number of aromatic amines is 1. The zero-order valence-electron chi connectivity index (χ0n) is 6.69. The van der Waals surface area contributed by atoms with Gasteiger partial charge in [-0.05, 0) is 15.9 Å². The predicted octanol–water partition coefficient (Wildman–Crippen LogP) is 1.94. The number of halogens is 1. The molecule has 0 saturated carbocycles. The van der Waals surface area contributed by atoms with Crippen molar-refractivity contribution in [2.75, 3.05) is 0 Å². The molecule has 2 aromatic rings. The maximum atomic E-state index is 10.6. The molecule has 0 amide bonds. The number of hydrogen-bond donors (Lipinski definition) is 2. The summed E-state index contributed by atoms with van der Waals surface area (Å²) in [4.78, 5) is 10.1. The summed E-state index contributed by atoms with van der Waals surface area (Å²) in [6.45, 7) is 0. The molecule has 0 saturated heterocycles. The number of non-ortho nitro benzene ring substituents is 1. The predicted molar refractivity (Wildman–Crippen MR) is 52.1 cm³/mol. The summed E-state index contributed by atoms with van der Waals surface area (Å²) in [6.07, 6.45) is 1.31. The van der Waals surface area contributed by atoms with Crippen molar-refractivity contribution in [3.05, 3.63) is 26.9 Å². The van der Waals surface area contributed by atoms with E-state index in [9.17, 15) is 15.2 Å². The van der Waals surface area contributed by atoms with E-state index in [2.05, 4.69) is 26.1 Å². The fourth-order valence-corrected chi connectivity index (χ4v) is 1.61. The van der Waals surface area contributed by atoms with Crippen LogP contribution in [0.2, 0.25) is 0 Å². The second kappa shape index (κ2) is 2.95. The lowest BCUT2D eigenvalue weighted by atomic mass is 10.2. The zero-order chi connectivity index (χ0) is 10.3. The van der Waals surface area contributed by atoms with Crippen molar-refractivity contribution >= 4 is 32.5 Å². The minimum absolute atomic E-state index is 0.0805. The third kappa shape index (κ3) is 1.13. The largest absolute Gasteiger partial charge is 0.505 e. The van der Waals surface area contributed by atoms with E-state index in [0.29, 0.717) is 0 Å². The van der Waals surface area contributed by atoms with Crippen molar-refractivity contribution in [2.45, 2.75) is 0 Å². The molecule has 1 heterocycles. The summed E-state index contributed by atoms with van der Waals surface area (Å²) in [5, 5.41) is 26.6. The van der Waals surface area contributed by atoms with Crippen molar-refractivity contribution in [2.24, 2.45) is 0 Å². The van der Waals surface area contributed by atoms with Crippen molar-refractivity contribution in [1.82, 2.24) is 10.2 Å². The molecule has 2 rings (SSSR count). The normalized spacial score (nSPS) is 10.6. The second-order valence-electron chi connectivity index (χ2n) is 2.64. The first-order chi connectivity index (χ1) is 6.61. The van der Waals surface area contributed by atoms with Gasteiger partial charge in [-0.2, -0.15) is 5.10 Å². The average Bonchev–Trinajstić information content (AvgIpc) is 2.59. The quantitative estimate of drug-likeness (QED) is 0.603. The van der Waals surface area contributed by atoms with Crippen LogP contribution in [-0.2, 0) is 0 Å². The van der Waals surface area contributed by atoms with Crippen LogP contribution in [0.25, 0.3) is 10.9 Å². The molecule has 0 atom stereocenters. The Balaban J connectivity index is 2.91. The van der Waals surface area contributed by atoms with Gasteiger partial charge in [0.05, 0.1) is 15.6 Å². The van der Waals surface area contributed by atoms with Crippen LogP contribution >= 0.6 is 15.9 Å². The van der Waals surface area contributed by atoms with Gasteiger partial charge in [-0.15, -0.1) is 0 Å². The molecule has 1 aromatic carbocycles. The Labute approximate surface area is 85.8 Å². The number of hydrogen-bond acceptors (Lipinski definition) is 4. The summed E-state index contributed by atoms with van der Waals surface area (Å²) in [6, 6.07) is 1.24. The topological polar surface area (TPSA) is 92.0 Å². The van der Waals surface area contributed by atoms with Gasteiger partial charge < -0.3 is 5.11 Å². The number of phenolic OH excluding ortho intramolecular Hbond substituents is 1. The lowest BCUT2D eigenvalue weighted by Gasteiger charge is -1.98. The maximum absolute atomic E-state index is 10.6. The van der Waals surface area contributed by atoms with E-state index in [0.717, 1.165) is 0 Å². The molecule has 0 fully saturated rings. The standard InChI is InChI=1S/C7H4BrN3O3/c8-4-1-5(11(13)14)3-2-9-10-6(3)7(4)12/h1-2,12H,(H,9,10). The van der Waals surface area contributed by atoms with Crippen LogP contribution in [0, 0.1) is 10.1 Å². The molecule has 1 aromatic heterocycles. The lowest BCUT2D eigenvalue weighted by molar-refractivity contribution is -0.383. The molecular formula is C7H4BrN3O3. The Hall–Kier alpha value is -1.63. The van der Waals surface area contributed by atoms with E-state index in [4.69, 9.17) is 0 Å². The van der Waals surface area contributed by atoms with Gasteiger partial charge in [0.25, 0.3) is 5.69 Å². The molecule has 0 radical (unpaired) electrons. The van der Waals surface area contributed by atoms with E-state index in [1.807, 2.05) is 0 Å². The van der Waals surface area contributed by atoms with E-state index in [1.54, 1.807) is 0 Å². The maximum Gasteiger partial charge on any atom is 0.281 e. The highest BCUT2D eigenvalue weighted by molar-refractivity contribution is 9.10. The number of nitrogens with one attached hydrogen (secondary N) is 1. The van der Waals surface area contributed by atoms with Crippen LogP contribution in [0.15, 0.2) is 16.7 Å². The highest BCUT2D eigenvalue weighted by Crippen LogP contribution is 2.37. The van der Waals surface area contributed by atoms with Crippen LogP contribution in [0.4, 0.5) is 5.69 Å². The summed E-state index contributed by atoms with van der Waals surface area (Å²) in [5.41, 5.74) is 0.157. The number of phenols is 1. The number of aromatic nitrogens is 2. The number of H-pyrrole nitrogens is 1. The summed E-state index contributed by atoms with van der Waals surface area (Å²) >= 11 is 3.02. The molecule has 72 valence electrons. The first kappa shape index (κ1) is 8.95. The minimum Gasteiger partial charge on any atom is -0.505 e. The summed E-state index contributed by atoms with van der Waals surface area (Å²) in [7, 11) is 0. The van der Waals surface area contributed by atoms with Gasteiger partial charge in [0, 0.05) is 6.07 Å². The van der Waals surface area contributed by atoms with Crippen molar-refractivity contribution in [3.8, 4) is 5.75 Å². The molecule has 0 spiro atoms. The first-order valence-electron chi connectivity index (χ1n) is 3.60. The minimum atomic E-state index is -0.526. The Kier molecular flexibility index (Phi) is 1.88. The van der Waals surface area contributed by atoms with Crippen LogP contribution in [0.5, 0.6) is 5.75 Å². The molecule has 0 bridgehead atoms. The highest BCUT2D eigenvalue weighted by atomic mass is 79.9. The highest BCUT2D eigenvalue weighted by Gasteiger charge is 2.18. The summed E-state index contributed by atoms with van der Waals surface area (Å²) < 4.78 is 0.265. The molecule has 0 aliphatic heterocycles. The van der Waals surface area contributed by atoms with Crippen molar-refractivity contribution in [3.63, 3.8) is 0 Å². The van der Waals surface area contributed by atoms with Gasteiger partial charge in [-0.25, -0.2) is 0 Å². The van der Waals surface area contributed by atoms with Crippen LogP contribution in [0.1, 0.15) is 0 Å². The molecule has 6 nitrogen and oxygen atoms in total. The van der Waals surface area contributed by atoms with Crippen molar-refractivity contribution in [1.29, 1.82) is 0 Å². The summed E-state index contributed by atoms with van der Waals surface area (Å²) in [5.74, 6) is -0.0805. The fourth-order valence-electron chi connectivity index (χ4n) is 1.20. The third-order valence-corrected chi connectivity index (χ3v) is 2.44.